The van der Waals surface area contributed by atoms with Gasteiger partial charge in [0.25, 0.3) is 0 Å². The Morgan fingerprint density at radius 3 is 2.52 bits per heavy atom. The lowest BCUT2D eigenvalue weighted by Gasteiger charge is -2.19. The lowest BCUT2D eigenvalue weighted by molar-refractivity contribution is -0.274. The first-order valence-corrected chi connectivity index (χ1v) is 8.11. The summed E-state index contributed by atoms with van der Waals surface area (Å²) < 4.78 is 41.1. The summed E-state index contributed by atoms with van der Waals surface area (Å²) in [6, 6.07) is 2.98. The molecule has 1 heterocycles. The molecule has 2 amide bonds. The van der Waals surface area contributed by atoms with Crippen molar-refractivity contribution in [2.75, 3.05) is 5.32 Å². The maximum absolute atomic E-state index is 12.3. The van der Waals surface area contributed by atoms with Crippen molar-refractivity contribution < 1.29 is 27.5 Å². The number of nitrogens with zero attached hydrogens (tertiary/aromatic N) is 1. The van der Waals surface area contributed by atoms with Crippen LogP contribution in [0.4, 0.5) is 18.3 Å². The summed E-state index contributed by atoms with van der Waals surface area (Å²) in [5.41, 5.74) is 0.426. The molecule has 0 aliphatic heterocycles. The van der Waals surface area contributed by atoms with Gasteiger partial charge in [-0.15, -0.1) is 13.2 Å². The fraction of sp³-hybridized carbons (Fsp3) is 0.400. The maximum Gasteiger partial charge on any atom is 0.573 e. The van der Waals surface area contributed by atoms with E-state index in [4.69, 9.17) is 0 Å². The van der Waals surface area contributed by atoms with E-state index in [0.717, 1.165) is 17.4 Å². The van der Waals surface area contributed by atoms with Crippen LogP contribution in [0.1, 0.15) is 20.8 Å². The SMILES string of the molecule is CC(=O)N[C@@H](C(=O)Nc1nc2ccc(OC(F)(F)F)cc2s1)C(C)C. The predicted octanol–water partition coefficient (Wildman–Crippen LogP) is 3.29. The Balaban J connectivity index is 2.18. The number of alkyl halides is 3. The minimum atomic E-state index is -4.78. The predicted molar refractivity (Wildman–Crippen MR) is 87.4 cm³/mol. The van der Waals surface area contributed by atoms with Gasteiger partial charge in [-0.3, -0.25) is 9.59 Å². The molecular formula is C15H16F3N3O3S. The van der Waals surface area contributed by atoms with Crippen LogP contribution in [0, 0.1) is 5.92 Å². The van der Waals surface area contributed by atoms with Crippen LogP contribution in [-0.4, -0.2) is 29.2 Å². The van der Waals surface area contributed by atoms with Crippen molar-refractivity contribution in [1.29, 1.82) is 0 Å². The zero-order valence-corrected chi connectivity index (χ0v) is 14.4. The first-order chi connectivity index (χ1) is 11.5. The Morgan fingerprint density at radius 1 is 1.28 bits per heavy atom. The standard InChI is InChI=1S/C15H16F3N3O3S/c1-7(2)12(19-8(3)22)13(23)21-14-20-10-5-4-9(6-11(10)25-14)24-15(16,17)18/h4-7,12H,1-3H3,(H,19,22)(H,20,21,23)/t12-/m1/s1. The molecule has 0 saturated heterocycles. The molecule has 1 aromatic carbocycles. The molecule has 1 aromatic heterocycles. The van der Waals surface area contributed by atoms with Crippen LogP contribution in [0.25, 0.3) is 10.2 Å². The molecule has 0 bridgehead atoms. The number of anilines is 1. The Labute approximate surface area is 145 Å². The monoisotopic (exact) mass is 375 g/mol. The van der Waals surface area contributed by atoms with Crippen LogP contribution >= 0.6 is 11.3 Å². The molecule has 6 nitrogen and oxygen atoms in total. The smallest absolute Gasteiger partial charge is 0.406 e. The second kappa shape index (κ2) is 7.26. The van der Waals surface area contributed by atoms with Crippen molar-refractivity contribution in [3.63, 3.8) is 0 Å². The molecule has 0 saturated carbocycles. The van der Waals surface area contributed by atoms with E-state index < -0.39 is 18.3 Å². The molecule has 0 radical (unpaired) electrons. The highest BCUT2D eigenvalue weighted by Gasteiger charge is 2.31. The third-order valence-corrected chi connectivity index (χ3v) is 4.07. The van der Waals surface area contributed by atoms with Gasteiger partial charge in [-0.05, 0) is 18.1 Å². The molecule has 0 aliphatic carbocycles. The molecule has 2 N–H and O–H groups in total. The van der Waals surface area contributed by atoms with E-state index in [9.17, 15) is 22.8 Å². The summed E-state index contributed by atoms with van der Waals surface area (Å²) in [6.07, 6.45) is -4.78. The number of rotatable bonds is 5. The summed E-state index contributed by atoms with van der Waals surface area (Å²) in [4.78, 5) is 27.6. The van der Waals surface area contributed by atoms with Gasteiger partial charge in [0, 0.05) is 13.0 Å². The zero-order chi connectivity index (χ0) is 18.8. The third-order valence-electron chi connectivity index (χ3n) is 3.13. The number of carbonyl (C=O) groups is 2. The summed E-state index contributed by atoms with van der Waals surface area (Å²) >= 11 is 1.01. The first-order valence-electron chi connectivity index (χ1n) is 7.29. The number of halogens is 3. The summed E-state index contributed by atoms with van der Waals surface area (Å²) in [7, 11) is 0. The number of amides is 2. The van der Waals surface area contributed by atoms with Gasteiger partial charge in [0.15, 0.2) is 5.13 Å². The Kier molecular flexibility index (Phi) is 5.51. The van der Waals surface area contributed by atoms with Crippen LogP contribution in [-0.2, 0) is 9.59 Å². The topological polar surface area (TPSA) is 80.3 Å². The molecule has 136 valence electrons. The van der Waals surface area contributed by atoms with Crippen molar-refractivity contribution in [3.8, 4) is 5.75 Å². The summed E-state index contributed by atoms with van der Waals surface area (Å²) in [5, 5.41) is 5.35. The molecule has 2 rings (SSSR count). The highest BCUT2D eigenvalue weighted by Crippen LogP contribution is 2.31. The second-order valence-electron chi connectivity index (χ2n) is 5.61. The van der Waals surface area contributed by atoms with Gasteiger partial charge in [-0.2, -0.15) is 0 Å². The van der Waals surface area contributed by atoms with Gasteiger partial charge in [0.1, 0.15) is 11.8 Å². The van der Waals surface area contributed by atoms with E-state index in [1.54, 1.807) is 13.8 Å². The molecule has 0 fully saturated rings. The highest BCUT2D eigenvalue weighted by molar-refractivity contribution is 7.22. The van der Waals surface area contributed by atoms with E-state index >= 15 is 0 Å². The number of hydrogen-bond acceptors (Lipinski definition) is 5. The fourth-order valence-electron chi connectivity index (χ4n) is 2.09. The number of aromatic nitrogens is 1. The lowest BCUT2D eigenvalue weighted by Crippen LogP contribution is -2.46. The van der Waals surface area contributed by atoms with Crippen LogP contribution in [0.3, 0.4) is 0 Å². The van der Waals surface area contributed by atoms with E-state index in [0.29, 0.717) is 10.2 Å². The lowest BCUT2D eigenvalue weighted by atomic mass is 10.0. The zero-order valence-electron chi connectivity index (χ0n) is 13.6. The molecule has 2 aromatic rings. The number of nitrogens with one attached hydrogen (secondary N) is 2. The van der Waals surface area contributed by atoms with Gasteiger partial charge >= 0.3 is 6.36 Å². The number of benzene rings is 1. The molecule has 1 atom stereocenters. The number of carbonyl (C=O) groups excluding carboxylic acids is 2. The number of fused-ring (bicyclic) bond motifs is 1. The molecule has 0 spiro atoms. The average Bonchev–Trinajstić information content (AvgIpc) is 2.83. The number of hydrogen-bond donors (Lipinski definition) is 2. The Bertz CT molecular complexity index is 789. The van der Waals surface area contributed by atoms with Crippen molar-refractivity contribution in [2.45, 2.75) is 33.2 Å². The van der Waals surface area contributed by atoms with Gasteiger partial charge in [0.05, 0.1) is 10.2 Å². The minimum Gasteiger partial charge on any atom is -0.406 e. The van der Waals surface area contributed by atoms with Gasteiger partial charge < -0.3 is 15.4 Å². The van der Waals surface area contributed by atoms with Gasteiger partial charge in [-0.25, -0.2) is 4.98 Å². The summed E-state index contributed by atoms with van der Waals surface area (Å²) in [5.74, 6) is -1.30. The highest BCUT2D eigenvalue weighted by atomic mass is 32.1. The third kappa shape index (κ3) is 5.31. The van der Waals surface area contributed by atoms with E-state index in [-0.39, 0.29) is 22.7 Å². The minimum absolute atomic E-state index is 0.148. The van der Waals surface area contributed by atoms with E-state index in [1.165, 1.54) is 19.1 Å². The van der Waals surface area contributed by atoms with Crippen molar-refractivity contribution in [2.24, 2.45) is 5.92 Å². The Hall–Kier alpha value is -2.36. The van der Waals surface area contributed by atoms with Crippen molar-refractivity contribution >= 4 is 38.5 Å². The van der Waals surface area contributed by atoms with Crippen LogP contribution < -0.4 is 15.4 Å². The van der Waals surface area contributed by atoms with E-state index in [2.05, 4.69) is 20.4 Å². The molecule has 25 heavy (non-hydrogen) atoms. The molecule has 0 aliphatic rings. The molecule has 10 heteroatoms. The van der Waals surface area contributed by atoms with Gasteiger partial charge in [-0.1, -0.05) is 25.2 Å². The summed E-state index contributed by atoms with van der Waals surface area (Å²) in [6.45, 7) is 4.86. The quantitative estimate of drug-likeness (QED) is 0.840. The van der Waals surface area contributed by atoms with Crippen LogP contribution in [0.5, 0.6) is 5.75 Å². The van der Waals surface area contributed by atoms with Crippen molar-refractivity contribution in [3.05, 3.63) is 18.2 Å². The van der Waals surface area contributed by atoms with Crippen molar-refractivity contribution in [1.82, 2.24) is 10.3 Å². The number of thiazole rings is 1. The molecule has 0 unspecified atom stereocenters. The van der Waals surface area contributed by atoms with E-state index in [1.807, 2.05) is 0 Å². The Morgan fingerprint density at radius 2 is 1.96 bits per heavy atom. The maximum atomic E-state index is 12.3. The van der Waals surface area contributed by atoms with Crippen LogP contribution in [0.15, 0.2) is 18.2 Å². The number of ether oxygens (including phenoxy) is 1. The largest absolute Gasteiger partial charge is 0.573 e. The second-order valence-corrected chi connectivity index (χ2v) is 6.64. The first kappa shape index (κ1) is 19.0. The van der Waals surface area contributed by atoms with Gasteiger partial charge in [0.2, 0.25) is 11.8 Å². The molecular weight excluding hydrogens is 359 g/mol. The van der Waals surface area contributed by atoms with Crippen LogP contribution in [0.2, 0.25) is 0 Å². The normalized spacial score (nSPS) is 12.9. The fourth-order valence-corrected chi connectivity index (χ4v) is 2.99. The average molecular weight is 375 g/mol.